The lowest BCUT2D eigenvalue weighted by Crippen LogP contribution is -2.20. The molecule has 0 aromatic heterocycles. The Balaban J connectivity index is 1.73. The Kier molecular flexibility index (Phi) is 8.69. The maximum absolute atomic E-state index is 12.5. The Morgan fingerprint density at radius 3 is 2.49 bits per heavy atom. The summed E-state index contributed by atoms with van der Waals surface area (Å²) in [6.07, 6.45) is 1.43. The van der Waals surface area contributed by atoms with Gasteiger partial charge in [-0.15, -0.1) is 0 Å². The van der Waals surface area contributed by atoms with Crippen LogP contribution in [0.3, 0.4) is 0 Å². The van der Waals surface area contributed by atoms with E-state index >= 15 is 0 Å². The zero-order valence-electron chi connectivity index (χ0n) is 19.0. The van der Waals surface area contributed by atoms with Crippen LogP contribution >= 0.6 is 22.6 Å². The van der Waals surface area contributed by atoms with Crippen molar-refractivity contribution in [2.45, 2.75) is 6.92 Å². The number of nitrogens with zero attached hydrogens (tertiary/aromatic N) is 1. The molecule has 178 valence electrons. The van der Waals surface area contributed by atoms with E-state index in [2.05, 4.69) is 10.6 Å². The molecule has 0 spiro atoms. The van der Waals surface area contributed by atoms with Crippen LogP contribution in [0.1, 0.15) is 11.1 Å². The number of rotatable bonds is 8. The monoisotopic (exact) mass is 583 g/mol. The number of ether oxygens (including phenoxy) is 2. The second kappa shape index (κ2) is 11.9. The molecule has 3 rings (SSSR count). The number of hydrogen-bond acceptors (Lipinski definition) is 6. The molecule has 0 saturated heterocycles. The van der Waals surface area contributed by atoms with Gasteiger partial charge in [0, 0.05) is 11.4 Å². The number of carbonyl (C=O) groups excluding carboxylic acids is 2. The van der Waals surface area contributed by atoms with Gasteiger partial charge in [-0.25, -0.2) is 0 Å². The molecule has 0 saturated carbocycles. The van der Waals surface area contributed by atoms with Gasteiger partial charge in [-0.1, -0.05) is 12.1 Å². The van der Waals surface area contributed by atoms with Crippen LogP contribution < -0.4 is 20.1 Å². The van der Waals surface area contributed by atoms with Gasteiger partial charge in [0.1, 0.15) is 17.4 Å². The van der Waals surface area contributed by atoms with Gasteiger partial charge in [0.05, 0.1) is 10.7 Å². The van der Waals surface area contributed by atoms with Gasteiger partial charge < -0.3 is 25.2 Å². The van der Waals surface area contributed by atoms with E-state index in [0.717, 1.165) is 5.56 Å². The van der Waals surface area contributed by atoms with Crippen molar-refractivity contribution in [3.63, 3.8) is 0 Å². The summed E-state index contributed by atoms with van der Waals surface area (Å²) in [5.41, 5.74) is 2.56. The molecule has 0 bridgehead atoms. The zero-order valence-corrected chi connectivity index (χ0v) is 21.1. The smallest absolute Gasteiger partial charge is 0.266 e. The first-order valence-corrected chi connectivity index (χ1v) is 11.5. The SMILES string of the molecule is COc1cc(/C=C(\C#N)C(=O)Nc2ccc(O)cc2)cc(I)c1OCC(=O)Nc1cccc(C)c1. The maximum Gasteiger partial charge on any atom is 0.266 e. The molecular weight excluding hydrogens is 561 g/mol. The molecule has 35 heavy (non-hydrogen) atoms. The third-order valence-electron chi connectivity index (χ3n) is 4.70. The highest BCUT2D eigenvalue weighted by molar-refractivity contribution is 14.1. The van der Waals surface area contributed by atoms with Crippen LogP contribution in [0.2, 0.25) is 0 Å². The summed E-state index contributed by atoms with van der Waals surface area (Å²) in [6.45, 7) is 1.71. The number of amides is 2. The predicted octanol–water partition coefficient (Wildman–Crippen LogP) is 4.88. The second-order valence-corrected chi connectivity index (χ2v) is 8.57. The first-order chi connectivity index (χ1) is 16.8. The highest BCUT2D eigenvalue weighted by Crippen LogP contribution is 2.34. The van der Waals surface area contributed by atoms with E-state index in [0.29, 0.717) is 32.0 Å². The second-order valence-electron chi connectivity index (χ2n) is 7.41. The van der Waals surface area contributed by atoms with Crippen LogP contribution in [-0.2, 0) is 9.59 Å². The van der Waals surface area contributed by atoms with Crippen molar-refractivity contribution in [3.8, 4) is 23.3 Å². The first kappa shape index (κ1) is 25.6. The minimum atomic E-state index is -0.597. The number of phenols is 1. The Morgan fingerprint density at radius 1 is 1.09 bits per heavy atom. The van der Waals surface area contributed by atoms with E-state index in [4.69, 9.17) is 9.47 Å². The van der Waals surface area contributed by atoms with Gasteiger partial charge in [0.15, 0.2) is 18.1 Å². The molecule has 0 unspecified atom stereocenters. The number of aryl methyl sites for hydroxylation is 1. The lowest BCUT2D eigenvalue weighted by Gasteiger charge is -2.14. The Bertz CT molecular complexity index is 1310. The molecule has 2 amide bonds. The highest BCUT2D eigenvalue weighted by atomic mass is 127. The van der Waals surface area contributed by atoms with Crippen molar-refractivity contribution >= 4 is 51.9 Å². The molecular formula is C26H22IN3O5. The number of phenolic OH excluding ortho intramolecular Hbond substituents is 1. The Morgan fingerprint density at radius 2 is 1.83 bits per heavy atom. The summed E-state index contributed by atoms with van der Waals surface area (Å²) < 4.78 is 11.8. The quantitative estimate of drug-likeness (QED) is 0.151. The zero-order chi connectivity index (χ0) is 25.4. The molecule has 3 aromatic rings. The fourth-order valence-corrected chi connectivity index (χ4v) is 3.86. The van der Waals surface area contributed by atoms with E-state index in [9.17, 15) is 20.0 Å². The lowest BCUT2D eigenvalue weighted by atomic mass is 10.1. The Labute approximate surface area is 216 Å². The third kappa shape index (κ3) is 7.22. The molecule has 0 atom stereocenters. The molecule has 8 nitrogen and oxygen atoms in total. The van der Waals surface area contributed by atoms with E-state index < -0.39 is 5.91 Å². The number of nitriles is 1. The molecule has 0 fully saturated rings. The number of halogens is 1. The van der Waals surface area contributed by atoms with E-state index in [-0.39, 0.29) is 23.8 Å². The molecule has 0 heterocycles. The average molecular weight is 583 g/mol. The summed E-state index contributed by atoms with van der Waals surface area (Å²) in [6, 6.07) is 18.6. The van der Waals surface area contributed by atoms with Crippen LogP contribution in [0.5, 0.6) is 17.2 Å². The van der Waals surface area contributed by atoms with Crippen LogP contribution in [0.4, 0.5) is 11.4 Å². The predicted molar refractivity (Wildman–Crippen MR) is 141 cm³/mol. The molecule has 0 aliphatic rings. The summed E-state index contributed by atoms with van der Waals surface area (Å²) in [5.74, 6) is -0.134. The van der Waals surface area contributed by atoms with Gasteiger partial charge in [-0.05, 0) is 95.2 Å². The van der Waals surface area contributed by atoms with Crippen LogP contribution in [0, 0.1) is 21.8 Å². The van der Waals surface area contributed by atoms with Crippen LogP contribution in [0.15, 0.2) is 66.2 Å². The largest absolute Gasteiger partial charge is 0.508 e. The number of anilines is 2. The molecule has 3 aromatic carbocycles. The van der Waals surface area contributed by atoms with Crippen molar-refractivity contribution in [3.05, 3.63) is 80.9 Å². The van der Waals surface area contributed by atoms with E-state index in [1.165, 1.54) is 37.5 Å². The van der Waals surface area contributed by atoms with Gasteiger partial charge in [0.25, 0.3) is 11.8 Å². The minimum absolute atomic E-state index is 0.0654. The molecule has 9 heteroatoms. The van der Waals surface area contributed by atoms with Gasteiger partial charge >= 0.3 is 0 Å². The normalized spacial score (nSPS) is 10.7. The molecule has 3 N–H and O–H groups in total. The third-order valence-corrected chi connectivity index (χ3v) is 5.50. The minimum Gasteiger partial charge on any atom is -0.508 e. The summed E-state index contributed by atoms with van der Waals surface area (Å²) in [5, 5.41) is 24.2. The molecule has 0 aliphatic heterocycles. The lowest BCUT2D eigenvalue weighted by molar-refractivity contribution is -0.118. The number of hydrogen-bond donors (Lipinski definition) is 3. The van der Waals surface area contributed by atoms with Crippen molar-refractivity contribution in [2.75, 3.05) is 24.4 Å². The maximum atomic E-state index is 12.5. The van der Waals surface area contributed by atoms with E-state index in [1.54, 1.807) is 18.2 Å². The Hall–Kier alpha value is -4.04. The van der Waals surface area contributed by atoms with E-state index in [1.807, 2.05) is 53.8 Å². The average Bonchev–Trinajstić information content (AvgIpc) is 2.82. The van der Waals surface area contributed by atoms with Crippen molar-refractivity contribution in [2.24, 2.45) is 0 Å². The van der Waals surface area contributed by atoms with Crippen molar-refractivity contribution < 1.29 is 24.2 Å². The summed E-state index contributed by atoms with van der Waals surface area (Å²) in [4.78, 5) is 24.8. The van der Waals surface area contributed by atoms with Crippen LogP contribution in [-0.4, -0.2) is 30.6 Å². The van der Waals surface area contributed by atoms with Crippen molar-refractivity contribution in [1.29, 1.82) is 5.26 Å². The number of carbonyl (C=O) groups is 2. The van der Waals surface area contributed by atoms with Gasteiger partial charge in [0.2, 0.25) is 0 Å². The number of methoxy groups -OCH3 is 1. The number of nitrogens with one attached hydrogen (secondary N) is 2. The molecule has 0 radical (unpaired) electrons. The summed E-state index contributed by atoms with van der Waals surface area (Å²) >= 11 is 2.03. The van der Waals surface area contributed by atoms with Gasteiger partial charge in [-0.3, -0.25) is 9.59 Å². The number of aromatic hydroxyl groups is 1. The van der Waals surface area contributed by atoms with Crippen LogP contribution in [0.25, 0.3) is 6.08 Å². The number of benzene rings is 3. The standard InChI is InChI=1S/C26H22IN3O5/c1-16-4-3-5-20(10-16)29-24(32)15-35-25-22(27)12-17(13-23(25)34-2)11-18(14-28)26(33)30-19-6-8-21(31)9-7-19/h3-13,31H,15H2,1-2H3,(H,29,32)(H,30,33)/b18-11+. The first-order valence-electron chi connectivity index (χ1n) is 10.4. The topological polar surface area (TPSA) is 121 Å². The fourth-order valence-electron chi connectivity index (χ4n) is 3.08. The molecule has 0 aliphatic carbocycles. The highest BCUT2D eigenvalue weighted by Gasteiger charge is 2.15. The van der Waals surface area contributed by atoms with Gasteiger partial charge in [-0.2, -0.15) is 5.26 Å². The van der Waals surface area contributed by atoms with Crippen molar-refractivity contribution in [1.82, 2.24) is 0 Å². The fraction of sp³-hybridized carbons (Fsp3) is 0.115. The summed E-state index contributed by atoms with van der Waals surface area (Å²) in [7, 11) is 1.46.